The molecule has 4 nitrogen and oxygen atoms in total. The minimum absolute atomic E-state index is 0. The molecular formula is C8H16ClN3OS. The largest absolute Gasteiger partial charge is 0.351 e. The maximum absolute atomic E-state index is 11.6. The van der Waals surface area contributed by atoms with Gasteiger partial charge in [0.25, 0.3) is 0 Å². The second-order valence-corrected chi connectivity index (χ2v) is 4.50. The number of thioether (sulfide) groups is 1. The molecule has 2 fully saturated rings. The average Bonchev–Trinajstić information content (AvgIpc) is 2.74. The summed E-state index contributed by atoms with van der Waals surface area (Å²) in [6.45, 7) is 1.95. The molecule has 2 heterocycles. The number of rotatable bonds is 2. The fourth-order valence-electron chi connectivity index (χ4n) is 1.64. The van der Waals surface area contributed by atoms with Crippen molar-refractivity contribution in [3.63, 3.8) is 0 Å². The standard InChI is InChI=1S/C8H15N3OS.ClH/c12-8(7-4-13-5-10-7)11-6-1-2-9-3-6;/h6-7,9-10H,1-5H2,(H,11,12);1H. The van der Waals surface area contributed by atoms with Gasteiger partial charge in [-0.25, -0.2) is 0 Å². The van der Waals surface area contributed by atoms with Gasteiger partial charge in [0, 0.05) is 24.2 Å². The molecule has 0 saturated carbocycles. The molecular weight excluding hydrogens is 222 g/mol. The molecule has 0 aromatic carbocycles. The molecule has 2 unspecified atom stereocenters. The third-order valence-corrected chi connectivity index (χ3v) is 3.38. The summed E-state index contributed by atoms with van der Waals surface area (Å²) in [6.07, 6.45) is 1.06. The van der Waals surface area contributed by atoms with E-state index in [1.807, 2.05) is 0 Å². The van der Waals surface area contributed by atoms with Crippen LogP contribution in [0.4, 0.5) is 0 Å². The van der Waals surface area contributed by atoms with E-state index in [9.17, 15) is 4.79 Å². The Kier molecular flexibility index (Phi) is 5.01. The van der Waals surface area contributed by atoms with Gasteiger partial charge in [0.1, 0.15) is 0 Å². The Bertz CT molecular complexity index is 193. The Morgan fingerprint density at radius 3 is 2.93 bits per heavy atom. The smallest absolute Gasteiger partial charge is 0.238 e. The molecule has 0 spiro atoms. The fourth-order valence-corrected chi connectivity index (χ4v) is 2.59. The van der Waals surface area contributed by atoms with E-state index in [4.69, 9.17) is 0 Å². The first-order valence-corrected chi connectivity index (χ1v) is 5.84. The molecule has 0 aromatic heterocycles. The van der Waals surface area contributed by atoms with Gasteiger partial charge in [-0.3, -0.25) is 10.1 Å². The summed E-state index contributed by atoms with van der Waals surface area (Å²) in [5.74, 6) is 1.98. The van der Waals surface area contributed by atoms with E-state index in [-0.39, 0.29) is 24.4 Å². The number of hydrogen-bond acceptors (Lipinski definition) is 4. The van der Waals surface area contributed by atoms with Crippen LogP contribution in [0.2, 0.25) is 0 Å². The average molecular weight is 238 g/mol. The first kappa shape index (κ1) is 12.1. The minimum Gasteiger partial charge on any atom is -0.351 e. The van der Waals surface area contributed by atoms with Crippen molar-refractivity contribution >= 4 is 30.1 Å². The third kappa shape index (κ3) is 3.02. The maximum atomic E-state index is 11.6. The van der Waals surface area contributed by atoms with E-state index in [0.29, 0.717) is 6.04 Å². The maximum Gasteiger partial charge on any atom is 0.238 e. The monoisotopic (exact) mass is 237 g/mol. The van der Waals surface area contributed by atoms with Gasteiger partial charge >= 0.3 is 0 Å². The predicted octanol–water partition coefficient (Wildman–Crippen LogP) is -0.451. The van der Waals surface area contributed by atoms with Gasteiger partial charge in [-0.2, -0.15) is 0 Å². The first-order chi connectivity index (χ1) is 6.36. The molecule has 0 bridgehead atoms. The Morgan fingerprint density at radius 1 is 1.50 bits per heavy atom. The highest BCUT2D eigenvalue weighted by Gasteiger charge is 2.25. The fraction of sp³-hybridized carbons (Fsp3) is 0.875. The van der Waals surface area contributed by atoms with Crippen molar-refractivity contribution < 1.29 is 4.79 Å². The number of nitrogens with one attached hydrogen (secondary N) is 3. The van der Waals surface area contributed by atoms with Gasteiger partial charge in [0.15, 0.2) is 0 Å². The molecule has 2 aliphatic rings. The van der Waals surface area contributed by atoms with E-state index in [0.717, 1.165) is 31.1 Å². The summed E-state index contributed by atoms with van der Waals surface area (Å²) in [5, 5.41) is 9.43. The number of hydrogen-bond donors (Lipinski definition) is 3. The van der Waals surface area contributed by atoms with Crippen LogP contribution in [0.3, 0.4) is 0 Å². The van der Waals surface area contributed by atoms with Crippen molar-refractivity contribution in [3.05, 3.63) is 0 Å². The normalized spacial score (nSPS) is 31.1. The molecule has 2 rings (SSSR count). The summed E-state index contributed by atoms with van der Waals surface area (Å²) in [4.78, 5) is 11.6. The number of carbonyl (C=O) groups is 1. The van der Waals surface area contributed by atoms with Crippen LogP contribution in [0.1, 0.15) is 6.42 Å². The quantitative estimate of drug-likeness (QED) is 0.609. The Labute approximate surface area is 94.4 Å². The lowest BCUT2D eigenvalue weighted by Crippen LogP contribution is -2.46. The van der Waals surface area contributed by atoms with Gasteiger partial charge in [0.2, 0.25) is 5.91 Å². The van der Waals surface area contributed by atoms with Gasteiger partial charge in [0.05, 0.1) is 6.04 Å². The van der Waals surface area contributed by atoms with Gasteiger partial charge in [-0.1, -0.05) is 0 Å². The number of carbonyl (C=O) groups excluding carboxylic acids is 1. The first-order valence-electron chi connectivity index (χ1n) is 4.68. The zero-order valence-electron chi connectivity index (χ0n) is 7.91. The summed E-state index contributed by atoms with van der Waals surface area (Å²) < 4.78 is 0. The van der Waals surface area contributed by atoms with Crippen molar-refractivity contribution in [2.75, 3.05) is 24.7 Å². The number of amides is 1. The highest BCUT2D eigenvalue weighted by molar-refractivity contribution is 7.99. The molecule has 0 aliphatic carbocycles. The summed E-state index contributed by atoms with van der Waals surface area (Å²) in [6, 6.07) is 0.380. The van der Waals surface area contributed by atoms with Gasteiger partial charge in [-0.05, 0) is 13.0 Å². The Balaban J connectivity index is 0.000000980. The Hall–Kier alpha value is 0.0300. The van der Waals surface area contributed by atoms with Crippen LogP contribution in [0.25, 0.3) is 0 Å². The molecule has 2 aliphatic heterocycles. The SMILES string of the molecule is Cl.O=C(NC1CCNC1)C1CSCN1. The molecule has 1 amide bonds. The van der Waals surface area contributed by atoms with E-state index in [2.05, 4.69) is 16.0 Å². The molecule has 14 heavy (non-hydrogen) atoms. The highest BCUT2D eigenvalue weighted by atomic mass is 35.5. The minimum atomic E-state index is 0. The lowest BCUT2D eigenvalue weighted by Gasteiger charge is -2.14. The van der Waals surface area contributed by atoms with Crippen molar-refractivity contribution in [1.82, 2.24) is 16.0 Å². The second-order valence-electron chi connectivity index (χ2n) is 3.47. The summed E-state index contributed by atoms with van der Waals surface area (Å²) in [5.41, 5.74) is 0. The summed E-state index contributed by atoms with van der Waals surface area (Å²) in [7, 11) is 0. The van der Waals surface area contributed by atoms with E-state index < -0.39 is 0 Å². The van der Waals surface area contributed by atoms with Crippen molar-refractivity contribution in [2.45, 2.75) is 18.5 Å². The van der Waals surface area contributed by atoms with Crippen LogP contribution in [-0.4, -0.2) is 42.7 Å². The molecule has 3 N–H and O–H groups in total. The van der Waals surface area contributed by atoms with Gasteiger partial charge in [-0.15, -0.1) is 24.2 Å². The predicted molar refractivity (Wildman–Crippen MR) is 60.9 cm³/mol. The Morgan fingerprint density at radius 2 is 2.36 bits per heavy atom. The molecule has 82 valence electrons. The van der Waals surface area contributed by atoms with E-state index >= 15 is 0 Å². The molecule has 6 heteroatoms. The summed E-state index contributed by atoms with van der Waals surface area (Å²) >= 11 is 1.78. The van der Waals surface area contributed by atoms with Crippen LogP contribution in [-0.2, 0) is 4.79 Å². The topological polar surface area (TPSA) is 53.2 Å². The molecule has 0 aromatic rings. The van der Waals surface area contributed by atoms with Crippen LogP contribution >= 0.6 is 24.2 Å². The van der Waals surface area contributed by atoms with Crippen LogP contribution in [0.5, 0.6) is 0 Å². The van der Waals surface area contributed by atoms with Crippen LogP contribution in [0.15, 0.2) is 0 Å². The van der Waals surface area contributed by atoms with Crippen molar-refractivity contribution in [1.29, 1.82) is 0 Å². The van der Waals surface area contributed by atoms with Crippen LogP contribution in [0, 0.1) is 0 Å². The van der Waals surface area contributed by atoms with Crippen molar-refractivity contribution in [2.24, 2.45) is 0 Å². The highest BCUT2D eigenvalue weighted by Crippen LogP contribution is 2.10. The third-order valence-electron chi connectivity index (χ3n) is 2.44. The van der Waals surface area contributed by atoms with E-state index in [1.165, 1.54) is 0 Å². The van der Waals surface area contributed by atoms with Crippen molar-refractivity contribution in [3.8, 4) is 0 Å². The van der Waals surface area contributed by atoms with E-state index in [1.54, 1.807) is 11.8 Å². The lowest BCUT2D eigenvalue weighted by atomic mass is 10.2. The number of halogens is 1. The second kappa shape index (κ2) is 5.80. The molecule has 0 radical (unpaired) electrons. The van der Waals surface area contributed by atoms with Crippen LogP contribution < -0.4 is 16.0 Å². The molecule has 2 atom stereocenters. The van der Waals surface area contributed by atoms with Gasteiger partial charge < -0.3 is 10.6 Å². The zero-order valence-corrected chi connectivity index (χ0v) is 9.55. The zero-order chi connectivity index (χ0) is 9.10. The molecule has 2 saturated heterocycles. The lowest BCUT2D eigenvalue weighted by molar-refractivity contribution is -0.123.